The fraction of sp³-hybridized carbons (Fsp3) is 0.667. The van der Waals surface area contributed by atoms with Crippen LogP contribution in [-0.2, 0) is 4.74 Å². The summed E-state index contributed by atoms with van der Waals surface area (Å²) in [6.45, 7) is 1.13. The summed E-state index contributed by atoms with van der Waals surface area (Å²) in [5.41, 5.74) is 0. The van der Waals surface area contributed by atoms with Crippen molar-refractivity contribution in [3.05, 3.63) is 12.4 Å². The number of hydrogen-bond donors (Lipinski definition) is 1. The van der Waals surface area contributed by atoms with Gasteiger partial charge in [-0.15, -0.1) is 0 Å². The number of rotatable bonds is 2. The summed E-state index contributed by atoms with van der Waals surface area (Å²) in [5, 5.41) is 13.8. The van der Waals surface area contributed by atoms with E-state index < -0.39 is 0 Å². The van der Waals surface area contributed by atoms with Crippen molar-refractivity contribution in [2.24, 2.45) is 0 Å². The second kappa shape index (κ2) is 3.98. The molecule has 0 amide bonds. The Morgan fingerprint density at radius 1 is 1.71 bits per heavy atom. The van der Waals surface area contributed by atoms with Crippen LogP contribution >= 0.6 is 0 Å². The molecule has 0 saturated carbocycles. The first-order valence-electron chi connectivity index (χ1n) is 4.65. The first-order chi connectivity index (χ1) is 6.81. The first-order valence-corrected chi connectivity index (χ1v) is 4.65. The second-order valence-electron chi connectivity index (χ2n) is 3.36. The van der Waals surface area contributed by atoms with Crippen LogP contribution < -0.4 is 4.74 Å². The predicted octanol–water partition coefficient (Wildman–Crippen LogP) is 0.214. The monoisotopic (exact) mass is 198 g/mol. The van der Waals surface area contributed by atoms with Gasteiger partial charge in [-0.2, -0.15) is 5.10 Å². The molecule has 1 aliphatic rings. The van der Waals surface area contributed by atoms with E-state index in [2.05, 4.69) is 5.10 Å². The fourth-order valence-electron chi connectivity index (χ4n) is 1.57. The van der Waals surface area contributed by atoms with Crippen molar-refractivity contribution in [2.75, 3.05) is 20.3 Å². The van der Waals surface area contributed by atoms with Crippen molar-refractivity contribution in [2.45, 2.75) is 18.6 Å². The lowest BCUT2D eigenvalue weighted by molar-refractivity contribution is -0.0330. The minimum atomic E-state index is -0.381. The molecule has 2 atom stereocenters. The molecule has 1 aromatic heterocycles. The van der Waals surface area contributed by atoms with E-state index in [0.29, 0.717) is 25.4 Å². The zero-order chi connectivity index (χ0) is 9.97. The van der Waals surface area contributed by atoms with Gasteiger partial charge in [0.25, 0.3) is 0 Å². The maximum atomic E-state index is 9.72. The first kappa shape index (κ1) is 9.48. The highest BCUT2D eigenvalue weighted by Crippen LogP contribution is 2.21. The Morgan fingerprint density at radius 3 is 3.21 bits per heavy atom. The normalized spacial score (nSPS) is 27.6. The van der Waals surface area contributed by atoms with Crippen LogP contribution in [0.2, 0.25) is 0 Å². The van der Waals surface area contributed by atoms with E-state index in [-0.39, 0.29) is 12.1 Å². The van der Waals surface area contributed by atoms with Gasteiger partial charge in [0, 0.05) is 6.61 Å². The standard InChI is InChI=1S/C9H14N2O3/c1-13-7-4-10-11(5-7)8-6-14-3-2-9(8)12/h4-5,8-9,12H,2-3,6H2,1H3. The largest absolute Gasteiger partial charge is 0.493 e. The topological polar surface area (TPSA) is 56.5 Å². The molecule has 1 aliphatic heterocycles. The van der Waals surface area contributed by atoms with E-state index >= 15 is 0 Å². The molecule has 1 aromatic rings. The van der Waals surface area contributed by atoms with Gasteiger partial charge >= 0.3 is 0 Å². The van der Waals surface area contributed by atoms with Crippen LogP contribution in [0.3, 0.4) is 0 Å². The molecule has 2 rings (SSSR count). The number of aliphatic hydroxyl groups excluding tert-OH is 1. The zero-order valence-corrected chi connectivity index (χ0v) is 8.09. The van der Waals surface area contributed by atoms with Crippen molar-refractivity contribution in [1.82, 2.24) is 9.78 Å². The van der Waals surface area contributed by atoms with Gasteiger partial charge < -0.3 is 14.6 Å². The van der Waals surface area contributed by atoms with Crippen LogP contribution in [0, 0.1) is 0 Å². The van der Waals surface area contributed by atoms with Crippen molar-refractivity contribution in [3.63, 3.8) is 0 Å². The molecular weight excluding hydrogens is 184 g/mol. The maximum absolute atomic E-state index is 9.72. The average molecular weight is 198 g/mol. The third-order valence-corrected chi connectivity index (χ3v) is 2.44. The van der Waals surface area contributed by atoms with Crippen molar-refractivity contribution < 1.29 is 14.6 Å². The fourth-order valence-corrected chi connectivity index (χ4v) is 1.57. The summed E-state index contributed by atoms with van der Waals surface area (Å²) in [6, 6.07) is -0.0901. The third kappa shape index (κ3) is 1.73. The minimum Gasteiger partial charge on any atom is -0.493 e. The molecule has 1 saturated heterocycles. The Kier molecular flexibility index (Phi) is 2.69. The highest BCUT2D eigenvalue weighted by molar-refractivity contribution is 5.12. The van der Waals surface area contributed by atoms with Gasteiger partial charge in [-0.05, 0) is 6.42 Å². The molecule has 1 fully saturated rings. The molecule has 5 nitrogen and oxygen atoms in total. The Labute approximate surface area is 82.2 Å². The molecule has 2 heterocycles. The molecule has 2 unspecified atom stereocenters. The molecule has 0 radical (unpaired) electrons. The Hall–Kier alpha value is -1.07. The van der Waals surface area contributed by atoms with Crippen molar-refractivity contribution in [3.8, 4) is 5.75 Å². The van der Waals surface area contributed by atoms with Crippen LogP contribution in [0.4, 0.5) is 0 Å². The molecule has 0 bridgehead atoms. The maximum Gasteiger partial charge on any atom is 0.156 e. The Bertz CT molecular complexity index is 300. The van der Waals surface area contributed by atoms with Gasteiger partial charge in [-0.1, -0.05) is 0 Å². The summed E-state index contributed by atoms with van der Waals surface area (Å²) >= 11 is 0. The smallest absolute Gasteiger partial charge is 0.156 e. The molecule has 0 aromatic carbocycles. The van der Waals surface area contributed by atoms with Gasteiger partial charge in [0.15, 0.2) is 5.75 Å². The molecule has 0 spiro atoms. The molecular formula is C9H14N2O3. The van der Waals surface area contributed by atoms with Crippen molar-refractivity contribution >= 4 is 0 Å². The SMILES string of the molecule is COc1cnn(C2COCCC2O)c1. The second-order valence-corrected chi connectivity index (χ2v) is 3.36. The molecule has 1 N–H and O–H groups in total. The van der Waals surface area contributed by atoms with E-state index in [1.807, 2.05) is 0 Å². The Morgan fingerprint density at radius 2 is 2.57 bits per heavy atom. The van der Waals surface area contributed by atoms with Crippen LogP contribution in [0.25, 0.3) is 0 Å². The lowest BCUT2D eigenvalue weighted by Crippen LogP contribution is -2.34. The molecule has 5 heteroatoms. The highest BCUT2D eigenvalue weighted by Gasteiger charge is 2.25. The van der Waals surface area contributed by atoms with Gasteiger partial charge in [-0.3, -0.25) is 4.68 Å². The Balaban J connectivity index is 2.12. The summed E-state index contributed by atoms with van der Waals surface area (Å²) in [6.07, 6.45) is 3.67. The van der Waals surface area contributed by atoms with Crippen LogP contribution in [0.5, 0.6) is 5.75 Å². The van der Waals surface area contributed by atoms with Gasteiger partial charge in [-0.25, -0.2) is 0 Å². The number of aromatic nitrogens is 2. The van der Waals surface area contributed by atoms with Crippen LogP contribution in [0.1, 0.15) is 12.5 Å². The average Bonchev–Trinajstić information content (AvgIpc) is 2.67. The van der Waals surface area contributed by atoms with Gasteiger partial charge in [0.1, 0.15) is 6.04 Å². The number of methoxy groups -OCH3 is 1. The third-order valence-electron chi connectivity index (χ3n) is 2.44. The van der Waals surface area contributed by atoms with E-state index in [4.69, 9.17) is 9.47 Å². The lowest BCUT2D eigenvalue weighted by Gasteiger charge is -2.27. The van der Waals surface area contributed by atoms with E-state index in [1.165, 1.54) is 0 Å². The van der Waals surface area contributed by atoms with E-state index in [1.54, 1.807) is 24.2 Å². The number of ether oxygens (including phenoxy) is 2. The molecule has 0 aliphatic carbocycles. The zero-order valence-electron chi connectivity index (χ0n) is 8.09. The number of hydrogen-bond acceptors (Lipinski definition) is 4. The molecule has 78 valence electrons. The minimum absolute atomic E-state index is 0.0901. The predicted molar refractivity (Wildman–Crippen MR) is 49.3 cm³/mol. The van der Waals surface area contributed by atoms with Crippen LogP contribution in [0.15, 0.2) is 12.4 Å². The summed E-state index contributed by atoms with van der Waals surface area (Å²) in [5.74, 6) is 0.697. The van der Waals surface area contributed by atoms with E-state index in [9.17, 15) is 5.11 Å². The van der Waals surface area contributed by atoms with E-state index in [0.717, 1.165) is 0 Å². The summed E-state index contributed by atoms with van der Waals surface area (Å²) in [7, 11) is 1.59. The highest BCUT2D eigenvalue weighted by atomic mass is 16.5. The molecule has 14 heavy (non-hydrogen) atoms. The quantitative estimate of drug-likeness (QED) is 0.738. The van der Waals surface area contributed by atoms with Gasteiger partial charge in [0.05, 0.1) is 32.2 Å². The summed E-state index contributed by atoms with van der Waals surface area (Å²) < 4.78 is 12.0. The van der Waals surface area contributed by atoms with Crippen molar-refractivity contribution in [1.29, 1.82) is 0 Å². The number of nitrogens with zero attached hydrogens (tertiary/aromatic N) is 2. The lowest BCUT2D eigenvalue weighted by atomic mass is 10.1. The van der Waals surface area contributed by atoms with Crippen LogP contribution in [-0.4, -0.2) is 41.3 Å². The number of aliphatic hydroxyl groups is 1. The summed E-state index contributed by atoms with van der Waals surface area (Å²) in [4.78, 5) is 0. The van der Waals surface area contributed by atoms with Gasteiger partial charge in [0.2, 0.25) is 0 Å².